The first-order chi connectivity index (χ1) is 8.63. The molecule has 1 amide bonds. The number of hydrogen-bond donors (Lipinski definition) is 2. The summed E-state index contributed by atoms with van der Waals surface area (Å²) in [5.74, 6) is -0.268. The predicted octanol–water partition coefficient (Wildman–Crippen LogP) is 2.27. The maximum atomic E-state index is 12.0. The van der Waals surface area contributed by atoms with E-state index in [0.29, 0.717) is 29.2 Å². The Hall–Kier alpha value is -1.24. The number of anilines is 1. The number of amides is 1. The number of hydrogen-bond acceptors (Lipinski definition) is 5. The van der Waals surface area contributed by atoms with E-state index in [-0.39, 0.29) is 11.8 Å². The zero-order valence-corrected chi connectivity index (χ0v) is 11.4. The van der Waals surface area contributed by atoms with Gasteiger partial charge in [0.25, 0.3) is 0 Å². The van der Waals surface area contributed by atoms with E-state index in [0.717, 1.165) is 17.2 Å². The molecule has 2 rings (SSSR count). The van der Waals surface area contributed by atoms with Crippen molar-refractivity contribution in [1.82, 2.24) is 8.75 Å². The van der Waals surface area contributed by atoms with Gasteiger partial charge >= 0.3 is 0 Å². The highest BCUT2D eigenvalue weighted by Crippen LogP contribution is 2.30. The first-order valence-electron chi connectivity index (χ1n) is 5.55. The number of benzene rings is 1. The van der Waals surface area contributed by atoms with Crippen LogP contribution in [-0.2, 0) is 4.79 Å². The number of carbonyl (C=O) groups excluding carboxylic acids is 1. The molecule has 7 heteroatoms. The minimum absolute atomic E-state index is 0.108. The molecular weight excluding hydrogens is 272 g/mol. The Morgan fingerprint density at radius 2 is 2.33 bits per heavy atom. The van der Waals surface area contributed by atoms with Crippen molar-refractivity contribution in [3.8, 4) is 0 Å². The van der Waals surface area contributed by atoms with Crippen LogP contribution in [0.2, 0.25) is 5.02 Å². The first kappa shape index (κ1) is 13.2. The number of fused-ring (bicyclic) bond motifs is 1. The number of halogens is 1. The van der Waals surface area contributed by atoms with Crippen LogP contribution in [0, 0.1) is 5.92 Å². The van der Waals surface area contributed by atoms with E-state index in [9.17, 15) is 4.79 Å². The molecule has 3 N–H and O–H groups in total. The fraction of sp³-hybridized carbons (Fsp3) is 0.364. The summed E-state index contributed by atoms with van der Waals surface area (Å²) >= 11 is 7.17. The summed E-state index contributed by atoms with van der Waals surface area (Å²) in [7, 11) is 0. The van der Waals surface area contributed by atoms with Gasteiger partial charge < -0.3 is 11.1 Å². The molecule has 0 spiro atoms. The lowest BCUT2D eigenvalue weighted by atomic mass is 10.1. The van der Waals surface area contributed by atoms with Crippen molar-refractivity contribution >= 4 is 46.0 Å². The van der Waals surface area contributed by atoms with Gasteiger partial charge in [0.05, 0.1) is 22.4 Å². The number of nitrogens with two attached hydrogens (primary N) is 1. The third-order valence-corrected chi connectivity index (χ3v) is 3.53. The van der Waals surface area contributed by atoms with Gasteiger partial charge in [0.2, 0.25) is 5.91 Å². The standard InChI is InChI=1S/C11H13ClN4OS/c1-6(4-5-13)11(17)14-9-7(12)2-3-8-10(9)16-18-15-8/h2-3,6H,4-5,13H2,1H3,(H,14,17). The van der Waals surface area contributed by atoms with Crippen molar-refractivity contribution in [3.05, 3.63) is 17.2 Å². The van der Waals surface area contributed by atoms with Gasteiger partial charge in [-0.25, -0.2) is 0 Å². The molecule has 18 heavy (non-hydrogen) atoms. The molecule has 1 unspecified atom stereocenters. The van der Waals surface area contributed by atoms with Gasteiger partial charge in [0.1, 0.15) is 11.0 Å². The van der Waals surface area contributed by atoms with E-state index in [1.54, 1.807) is 12.1 Å². The Bertz CT molecular complexity index is 571. The summed E-state index contributed by atoms with van der Waals surface area (Å²) in [5.41, 5.74) is 7.32. The second-order valence-corrected chi connectivity index (χ2v) is 4.96. The molecule has 1 atom stereocenters. The van der Waals surface area contributed by atoms with Crippen LogP contribution < -0.4 is 11.1 Å². The predicted molar refractivity (Wildman–Crippen MR) is 73.9 cm³/mol. The van der Waals surface area contributed by atoms with E-state index in [4.69, 9.17) is 17.3 Å². The molecule has 1 heterocycles. The summed E-state index contributed by atoms with van der Waals surface area (Å²) in [6.45, 7) is 2.31. The number of rotatable bonds is 4. The highest BCUT2D eigenvalue weighted by atomic mass is 35.5. The van der Waals surface area contributed by atoms with Crippen LogP contribution in [0.1, 0.15) is 13.3 Å². The summed E-state index contributed by atoms with van der Waals surface area (Å²) in [6.07, 6.45) is 0.634. The van der Waals surface area contributed by atoms with Crippen LogP contribution in [0.15, 0.2) is 12.1 Å². The Morgan fingerprint density at radius 1 is 1.56 bits per heavy atom. The molecule has 0 fully saturated rings. The van der Waals surface area contributed by atoms with Gasteiger partial charge in [0, 0.05) is 5.92 Å². The zero-order chi connectivity index (χ0) is 13.1. The SMILES string of the molecule is CC(CCN)C(=O)Nc1c(Cl)ccc2nsnc12. The summed E-state index contributed by atoms with van der Waals surface area (Å²) in [6, 6.07) is 3.48. The van der Waals surface area contributed by atoms with Gasteiger partial charge in [-0.15, -0.1) is 0 Å². The quantitative estimate of drug-likeness (QED) is 0.902. The van der Waals surface area contributed by atoms with Gasteiger partial charge in [-0.05, 0) is 25.1 Å². The van der Waals surface area contributed by atoms with Crippen molar-refractivity contribution in [3.63, 3.8) is 0 Å². The van der Waals surface area contributed by atoms with Gasteiger partial charge in [-0.3, -0.25) is 4.79 Å². The topological polar surface area (TPSA) is 80.9 Å². The highest BCUT2D eigenvalue weighted by Gasteiger charge is 2.16. The molecule has 0 saturated heterocycles. The molecule has 1 aromatic heterocycles. The molecule has 2 aromatic rings. The van der Waals surface area contributed by atoms with Crippen LogP contribution in [0.5, 0.6) is 0 Å². The van der Waals surface area contributed by atoms with E-state index in [1.165, 1.54) is 0 Å². The average molecular weight is 285 g/mol. The van der Waals surface area contributed by atoms with Crippen molar-refractivity contribution in [2.75, 3.05) is 11.9 Å². The van der Waals surface area contributed by atoms with Crippen LogP contribution in [-0.4, -0.2) is 21.2 Å². The molecular formula is C11H13ClN4OS. The van der Waals surface area contributed by atoms with Gasteiger partial charge in [-0.1, -0.05) is 18.5 Å². The normalized spacial score (nSPS) is 12.6. The minimum atomic E-state index is -0.159. The van der Waals surface area contributed by atoms with Crippen molar-refractivity contribution in [2.24, 2.45) is 11.7 Å². The molecule has 0 bridgehead atoms. The highest BCUT2D eigenvalue weighted by molar-refractivity contribution is 7.00. The largest absolute Gasteiger partial charge is 0.330 e. The van der Waals surface area contributed by atoms with Gasteiger partial charge in [-0.2, -0.15) is 8.75 Å². The molecule has 0 saturated carbocycles. The number of nitrogens with zero attached hydrogens (tertiary/aromatic N) is 2. The maximum absolute atomic E-state index is 12.0. The van der Waals surface area contributed by atoms with Crippen molar-refractivity contribution < 1.29 is 4.79 Å². The lowest BCUT2D eigenvalue weighted by Crippen LogP contribution is -2.23. The summed E-state index contributed by atoms with van der Waals surface area (Å²) < 4.78 is 8.25. The smallest absolute Gasteiger partial charge is 0.227 e. The lowest BCUT2D eigenvalue weighted by molar-refractivity contribution is -0.119. The molecule has 96 valence electrons. The average Bonchev–Trinajstić information content (AvgIpc) is 2.81. The first-order valence-corrected chi connectivity index (χ1v) is 6.66. The summed E-state index contributed by atoms with van der Waals surface area (Å²) in [5, 5.41) is 3.26. The van der Waals surface area contributed by atoms with Crippen LogP contribution >= 0.6 is 23.3 Å². The number of nitrogens with one attached hydrogen (secondary N) is 1. The zero-order valence-electron chi connectivity index (χ0n) is 9.81. The number of aromatic nitrogens is 2. The van der Waals surface area contributed by atoms with E-state index < -0.39 is 0 Å². The second kappa shape index (κ2) is 5.60. The van der Waals surface area contributed by atoms with E-state index >= 15 is 0 Å². The molecule has 5 nitrogen and oxygen atoms in total. The van der Waals surface area contributed by atoms with Crippen molar-refractivity contribution in [2.45, 2.75) is 13.3 Å². The Labute approximate surface area is 114 Å². The summed E-state index contributed by atoms with van der Waals surface area (Å²) in [4.78, 5) is 12.0. The van der Waals surface area contributed by atoms with Gasteiger partial charge in [0.15, 0.2) is 0 Å². The van der Waals surface area contributed by atoms with E-state index in [1.807, 2.05) is 6.92 Å². The molecule has 0 aliphatic rings. The van der Waals surface area contributed by atoms with E-state index in [2.05, 4.69) is 14.1 Å². The van der Waals surface area contributed by atoms with Crippen LogP contribution in [0.25, 0.3) is 11.0 Å². The fourth-order valence-corrected chi connectivity index (χ4v) is 2.32. The minimum Gasteiger partial charge on any atom is -0.330 e. The lowest BCUT2D eigenvalue weighted by Gasteiger charge is -2.12. The molecule has 0 aliphatic carbocycles. The van der Waals surface area contributed by atoms with Crippen LogP contribution in [0.3, 0.4) is 0 Å². The maximum Gasteiger partial charge on any atom is 0.227 e. The second-order valence-electron chi connectivity index (χ2n) is 4.02. The monoisotopic (exact) mass is 284 g/mol. The Balaban J connectivity index is 2.28. The number of carbonyl (C=O) groups is 1. The fourth-order valence-electron chi connectivity index (χ4n) is 1.57. The molecule has 0 radical (unpaired) electrons. The Kier molecular flexibility index (Phi) is 4.11. The van der Waals surface area contributed by atoms with Crippen molar-refractivity contribution in [1.29, 1.82) is 0 Å². The molecule has 1 aromatic carbocycles. The van der Waals surface area contributed by atoms with Crippen LogP contribution in [0.4, 0.5) is 5.69 Å². The Morgan fingerprint density at radius 3 is 3.06 bits per heavy atom. The molecule has 0 aliphatic heterocycles. The third kappa shape index (κ3) is 2.60. The third-order valence-electron chi connectivity index (χ3n) is 2.67.